The number of carbonyl (C=O) groups is 2. The fourth-order valence-electron chi connectivity index (χ4n) is 2.91. The first-order chi connectivity index (χ1) is 14.6. The van der Waals surface area contributed by atoms with Crippen molar-refractivity contribution < 1.29 is 19.4 Å². The zero-order chi connectivity index (χ0) is 21.3. The van der Waals surface area contributed by atoms with Crippen molar-refractivity contribution in [1.29, 1.82) is 0 Å². The van der Waals surface area contributed by atoms with Crippen molar-refractivity contribution in [3.63, 3.8) is 0 Å². The molecule has 30 heavy (non-hydrogen) atoms. The van der Waals surface area contributed by atoms with Crippen LogP contribution in [0.25, 0.3) is 0 Å². The number of rotatable bonds is 9. The van der Waals surface area contributed by atoms with Crippen molar-refractivity contribution in [2.24, 2.45) is 0 Å². The van der Waals surface area contributed by atoms with Gasteiger partial charge in [0, 0.05) is 6.20 Å². The number of aromatic nitrogens is 2. The van der Waals surface area contributed by atoms with Crippen LogP contribution in [-0.4, -0.2) is 33.6 Å². The second-order valence-electron chi connectivity index (χ2n) is 6.65. The van der Waals surface area contributed by atoms with E-state index >= 15 is 0 Å². The maximum Gasteiger partial charge on any atom is 0.374 e. The first kappa shape index (κ1) is 21.0. The Hall–Kier alpha value is -3.74. The molecule has 0 aliphatic heterocycles. The quantitative estimate of drug-likeness (QED) is 0.524. The number of carboxylic acids is 1. The Morgan fingerprint density at radius 3 is 2.17 bits per heavy atom. The number of ether oxygens (including phenoxy) is 1. The van der Waals surface area contributed by atoms with Crippen LogP contribution in [0.3, 0.4) is 0 Å². The molecule has 0 spiro atoms. The van der Waals surface area contributed by atoms with Gasteiger partial charge >= 0.3 is 5.97 Å². The lowest BCUT2D eigenvalue weighted by molar-refractivity contribution is 0.0680. The fourth-order valence-corrected chi connectivity index (χ4v) is 2.91. The summed E-state index contributed by atoms with van der Waals surface area (Å²) >= 11 is 0. The molecule has 0 fully saturated rings. The average molecular weight is 405 g/mol. The molecule has 2 N–H and O–H groups in total. The van der Waals surface area contributed by atoms with Crippen molar-refractivity contribution in [3.8, 4) is 5.88 Å². The molecule has 1 heterocycles. The van der Waals surface area contributed by atoms with Crippen molar-refractivity contribution in [1.82, 2.24) is 15.3 Å². The molecule has 0 unspecified atom stereocenters. The minimum atomic E-state index is -1.28. The van der Waals surface area contributed by atoms with Crippen molar-refractivity contribution in [2.75, 3.05) is 6.61 Å². The van der Waals surface area contributed by atoms with Gasteiger partial charge in [0.15, 0.2) is 0 Å². The zero-order valence-electron chi connectivity index (χ0n) is 16.6. The first-order valence-corrected chi connectivity index (χ1v) is 9.74. The minimum Gasteiger partial charge on any atom is -0.477 e. The molecule has 0 aliphatic carbocycles. The van der Waals surface area contributed by atoms with Crippen LogP contribution in [-0.2, 0) is 0 Å². The van der Waals surface area contributed by atoms with Crippen LogP contribution in [0, 0.1) is 0 Å². The summed E-state index contributed by atoms with van der Waals surface area (Å²) in [6.07, 6.45) is 2.84. The summed E-state index contributed by atoms with van der Waals surface area (Å²) < 4.78 is 5.61. The molecule has 3 rings (SSSR count). The lowest BCUT2D eigenvalue weighted by atomic mass is 9.98. The molecule has 0 radical (unpaired) electrons. The van der Waals surface area contributed by atoms with Gasteiger partial charge in [-0.3, -0.25) is 4.79 Å². The lowest BCUT2D eigenvalue weighted by Crippen LogP contribution is -2.30. The Morgan fingerprint density at radius 1 is 1.03 bits per heavy atom. The maximum atomic E-state index is 13.1. The monoisotopic (exact) mass is 405 g/mol. The number of hydrogen-bond donors (Lipinski definition) is 2. The number of nitrogens with one attached hydrogen (secondary N) is 1. The van der Waals surface area contributed by atoms with Gasteiger partial charge in [-0.1, -0.05) is 74.0 Å². The van der Waals surface area contributed by atoms with Crippen LogP contribution in [0.4, 0.5) is 0 Å². The van der Waals surface area contributed by atoms with Gasteiger partial charge in [0.05, 0.1) is 12.6 Å². The summed E-state index contributed by atoms with van der Waals surface area (Å²) in [7, 11) is 0. The van der Waals surface area contributed by atoms with Gasteiger partial charge in [-0.25, -0.2) is 9.78 Å². The van der Waals surface area contributed by atoms with E-state index in [-0.39, 0.29) is 11.4 Å². The predicted octanol–water partition coefficient (Wildman–Crippen LogP) is 3.87. The molecular weight excluding hydrogens is 382 g/mol. The van der Waals surface area contributed by atoms with Crippen molar-refractivity contribution in [2.45, 2.75) is 25.8 Å². The molecular formula is C23H23N3O4. The Morgan fingerprint density at radius 2 is 1.63 bits per heavy atom. The van der Waals surface area contributed by atoms with Crippen LogP contribution >= 0.6 is 0 Å². The molecule has 1 amide bonds. The van der Waals surface area contributed by atoms with Gasteiger partial charge in [-0.05, 0) is 17.5 Å². The third-order valence-electron chi connectivity index (χ3n) is 4.47. The smallest absolute Gasteiger partial charge is 0.374 e. The van der Waals surface area contributed by atoms with Gasteiger partial charge in [0.2, 0.25) is 11.7 Å². The Bertz CT molecular complexity index is 954. The van der Waals surface area contributed by atoms with E-state index in [1.54, 1.807) is 0 Å². The van der Waals surface area contributed by atoms with Gasteiger partial charge in [-0.2, -0.15) is 4.98 Å². The van der Waals surface area contributed by atoms with E-state index in [0.717, 1.165) is 24.0 Å². The molecule has 1 aromatic heterocycles. The summed E-state index contributed by atoms with van der Waals surface area (Å²) in [5.41, 5.74) is 1.91. The predicted molar refractivity (Wildman–Crippen MR) is 112 cm³/mol. The van der Waals surface area contributed by atoms with Gasteiger partial charge in [0.1, 0.15) is 5.56 Å². The number of nitrogens with zero attached hydrogens (tertiary/aromatic N) is 2. The van der Waals surface area contributed by atoms with Crippen LogP contribution in [0.15, 0.2) is 66.9 Å². The zero-order valence-corrected chi connectivity index (χ0v) is 16.6. The van der Waals surface area contributed by atoms with E-state index in [4.69, 9.17) is 4.74 Å². The number of benzene rings is 2. The molecule has 154 valence electrons. The SMILES string of the molecule is CCCCOc1nc(C(=O)O)ncc1C(=O)NC(c1ccccc1)c1ccccc1. The van der Waals surface area contributed by atoms with E-state index in [1.807, 2.05) is 67.6 Å². The number of unbranched alkanes of at least 4 members (excludes halogenated alkanes) is 1. The van der Waals surface area contributed by atoms with Crippen LogP contribution in [0.2, 0.25) is 0 Å². The normalized spacial score (nSPS) is 10.6. The van der Waals surface area contributed by atoms with Gasteiger partial charge in [0.25, 0.3) is 5.91 Å². The first-order valence-electron chi connectivity index (χ1n) is 9.74. The highest BCUT2D eigenvalue weighted by Gasteiger charge is 2.23. The summed E-state index contributed by atoms with van der Waals surface area (Å²) in [5, 5.41) is 12.2. The Kier molecular flexibility index (Phi) is 7.10. The number of hydrogen-bond acceptors (Lipinski definition) is 5. The molecule has 0 saturated carbocycles. The largest absolute Gasteiger partial charge is 0.477 e. The second-order valence-corrected chi connectivity index (χ2v) is 6.65. The van der Waals surface area contributed by atoms with Gasteiger partial charge in [-0.15, -0.1) is 0 Å². The number of aromatic carboxylic acids is 1. The standard InChI is InChI=1S/C23H23N3O4/c1-2-3-14-30-22-18(15-24-20(26-22)23(28)29)21(27)25-19(16-10-6-4-7-11-16)17-12-8-5-9-13-17/h4-13,15,19H,2-3,14H2,1H3,(H,25,27)(H,28,29). The molecule has 7 heteroatoms. The highest BCUT2D eigenvalue weighted by atomic mass is 16.5. The van der Waals surface area contributed by atoms with E-state index in [1.165, 1.54) is 6.20 Å². The van der Waals surface area contributed by atoms with E-state index in [0.29, 0.717) is 6.61 Å². The number of carbonyl (C=O) groups excluding carboxylic acids is 1. The number of amides is 1. The topological polar surface area (TPSA) is 101 Å². The third kappa shape index (κ3) is 5.20. The molecule has 7 nitrogen and oxygen atoms in total. The minimum absolute atomic E-state index is 0.0341. The molecule has 0 saturated heterocycles. The second kappa shape index (κ2) is 10.2. The maximum absolute atomic E-state index is 13.1. The number of carboxylic acid groups (broad SMARTS) is 1. The third-order valence-corrected chi connectivity index (χ3v) is 4.47. The molecule has 2 aromatic carbocycles. The Labute approximate surface area is 174 Å². The Balaban J connectivity index is 1.92. The van der Waals surface area contributed by atoms with E-state index in [2.05, 4.69) is 15.3 Å². The average Bonchev–Trinajstić information content (AvgIpc) is 2.78. The fraction of sp³-hybridized carbons (Fsp3) is 0.217. The summed E-state index contributed by atoms with van der Waals surface area (Å²) in [5.74, 6) is -2.18. The lowest BCUT2D eigenvalue weighted by Gasteiger charge is -2.20. The van der Waals surface area contributed by atoms with Crippen molar-refractivity contribution in [3.05, 3.63) is 89.4 Å². The van der Waals surface area contributed by atoms with Crippen molar-refractivity contribution >= 4 is 11.9 Å². The molecule has 0 bridgehead atoms. The highest BCUT2D eigenvalue weighted by molar-refractivity contribution is 5.97. The summed E-state index contributed by atoms with van der Waals surface area (Å²) in [6.45, 7) is 2.33. The molecule has 0 aliphatic rings. The van der Waals surface area contributed by atoms with Gasteiger partial charge < -0.3 is 15.2 Å². The summed E-state index contributed by atoms with van der Waals surface area (Å²) in [6, 6.07) is 18.8. The van der Waals surface area contributed by atoms with Crippen LogP contribution in [0.1, 0.15) is 57.9 Å². The van der Waals surface area contributed by atoms with E-state index in [9.17, 15) is 14.7 Å². The molecule has 3 aromatic rings. The van der Waals surface area contributed by atoms with E-state index < -0.39 is 23.7 Å². The highest BCUT2D eigenvalue weighted by Crippen LogP contribution is 2.24. The summed E-state index contributed by atoms with van der Waals surface area (Å²) in [4.78, 5) is 32.1. The molecule has 0 atom stereocenters. The van der Waals surface area contributed by atoms with Crippen LogP contribution < -0.4 is 10.1 Å². The van der Waals surface area contributed by atoms with Crippen LogP contribution in [0.5, 0.6) is 5.88 Å².